The van der Waals surface area contributed by atoms with Gasteiger partial charge in [0, 0.05) is 6.20 Å². The third-order valence-corrected chi connectivity index (χ3v) is 2.80. The Hall–Kier alpha value is -2.47. The highest BCUT2D eigenvalue weighted by molar-refractivity contribution is 5.74. The Labute approximate surface area is 106 Å². The molecule has 3 heteroatoms. The van der Waals surface area contributed by atoms with Crippen LogP contribution in [0.25, 0.3) is 0 Å². The molecular formula is C15H12N2O. The van der Waals surface area contributed by atoms with Crippen molar-refractivity contribution in [1.82, 2.24) is 4.98 Å². The van der Waals surface area contributed by atoms with E-state index in [1.807, 2.05) is 24.3 Å². The molecule has 0 spiro atoms. The maximum atomic E-state index is 10.8. The lowest BCUT2D eigenvalue weighted by molar-refractivity contribution is 0.111. The van der Waals surface area contributed by atoms with E-state index in [1.54, 1.807) is 18.3 Å². The van der Waals surface area contributed by atoms with Crippen molar-refractivity contribution < 1.29 is 4.79 Å². The first-order chi connectivity index (χ1) is 8.83. The highest BCUT2D eigenvalue weighted by Gasteiger charge is 2.02. The fraction of sp³-hybridized carbons (Fsp3) is 0.133. The minimum Gasteiger partial charge on any atom is -0.296 e. The number of carbonyl (C=O) groups is 1. The molecule has 0 N–H and O–H groups in total. The van der Waals surface area contributed by atoms with Gasteiger partial charge in [-0.3, -0.25) is 9.78 Å². The Morgan fingerprint density at radius 2 is 1.94 bits per heavy atom. The molecule has 0 aliphatic carbocycles. The minimum absolute atomic E-state index is 0.506. The van der Waals surface area contributed by atoms with Gasteiger partial charge in [-0.2, -0.15) is 5.26 Å². The monoisotopic (exact) mass is 236 g/mol. The molecule has 0 saturated carbocycles. The van der Waals surface area contributed by atoms with Gasteiger partial charge < -0.3 is 0 Å². The van der Waals surface area contributed by atoms with Gasteiger partial charge in [0.05, 0.1) is 11.6 Å². The summed E-state index contributed by atoms with van der Waals surface area (Å²) in [6, 6.07) is 13.3. The molecule has 0 fully saturated rings. The third kappa shape index (κ3) is 2.80. The maximum Gasteiger partial charge on any atom is 0.168 e. The number of pyridine rings is 1. The molecule has 0 atom stereocenters. The van der Waals surface area contributed by atoms with Crippen LogP contribution in [0.15, 0.2) is 42.6 Å². The van der Waals surface area contributed by atoms with Crippen LogP contribution in [-0.4, -0.2) is 11.3 Å². The van der Waals surface area contributed by atoms with Crippen LogP contribution in [0.3, 0.4) is 0 Å². The van der Waals surface area contributed by atoms with Gasteiger partial charge in [-0.05, 0) is 42.2 Å². The first-order valence-corrected chi connectivity index (χ1v) is 5.71. The Morgan fingerprint density at radius 1 is 1.17 bits per heavy atom. The van der Waals surface area contributed by atoms with Crippen LogP contribution in [0.1, 0.15) is 27.2 Å². The van der Waals surface area contributed by atoms with Gasteiger partial charge in [0.2, 0.25) is 0 Å². The van der Waals surface area contributed by atoms with Gasteiger partial charge in [0.25, 0.3) is 0 Å². The molecule has 1 aromatic carbocycles. The van der Waals surface area contributed by atoms with Crippen LogP contribution >= 0.6 is 0 Å². The highest BCUT2D eigenvalue weighted by Crippen LogP contribution is 2.10. The van der Waals surface area contributed by atoms with Crippen LogP contribution in [0.4, 0.5) is 0 Å². The fourth-order valence-corrected chi connectivity index (χ4v) is 1.79. The summed E-state index contributed by atoms with van der Waals surface area (Å²) < 4.78 is 0. The normalized spacial score (nSPS) is 9.72. The van der Waals surface area contributed by atoms with Crippen molar-refractivity contribution in [1.29, 1.82) is 5.26 Å². The van der Waals surface area contributed by atoms with E-state index in [0.29, 0.717) is 11.3 Å². The zero-order valence-corrected chi connectivity index (χ0v) is 9.84. The van der Waals surface area contributed by atoms with Crippen molar-refractivity contribution >= 4 is 6.29 Å². The van der Waals surface area contributed by atoms with Crippen molar-refractivity contribution in [2.75, 3.05) is 0 Å². The van der Waals surface area contributed by atoms with Crippen molar-refractivity contribution in [3.8, 4) is 6.07 Å². The number of hydrogen-bond acceptors (Lipinski definition) is 3. The molecule has 88 valence electrons. The lowest BCUT2D eigenvalue weighted by Crippen LogP contribution is -1.98. The minimum atomic E-state index is 0.506. The van der Waals surface area contributed by atoms with E-state index >= 15 is 0 Å². The highest BCUT2D eigenvalue weighted by atomic mass is 16.1. The summed E-state index contributed by atoms with van der Waals surface area (Å²) in [5.74, 6) is 0. The van der Waals surface area contributed by atoms with Gasteiger partial charge in [-0.25, -0.2) is 0 Å². The van der Waals surface area contributed by atoms with Crippen LogP contribution < -0.4 is 0 Å². The summed E-state index contributed by atoms with van der Waals surface area (Å²) in [5, 5.41) is 8.71. The Morgan fingerprint density at radius 3 is 2.61 bits per heavy atom. The van der Waals surface area contributed by atoms with E-state index in [1.165, 1.54) is 0 Å². The molecule has 0 aliphatic rings. The second-order valence-electron chi connectivity index (χ2n) is 3.97. The summed E-state index contributed by atoms with van der Waals surface area (Å²) in [7, 11) is 0. The molecule has 0 saturated heterocycles. The predicted molar refractivity (Wildman–Crippen MR) is 68.2 cm³/mol. The first kappa shape index (κ1) is 12.0. The second kappa shape index (κ2) is 5.74. The van der Waals surface area contributed by atoms with Crippen LogP contribution in [0.2, 0.25) is 0 Å². The summed E-state index contributed by atoms with van der Waals surface area (Å²) >= 11 is 0. The molecule has 1 aromatic heterocycles. The molecule has 0 aliphatic heterocycles. The Bertz CT molecular complexity index is 582. The maximum absolute atomic E-state index is 10.8. The third-order valence-electron chi connectivity index (χ3n) is 2.80. The van der Waals surface area contributed by atoms with Crippen LogP contribution in [-0.2, 0) is 12.8 Å². The number of nitriles is 1. The van der Waals surface area contributed by atoms with Crippen molar-refractivity contribution in [3.63, 3.8) is 0 Å². The van der Waals surface area contributed by atoms with E-state index in [0.717, 1.165) is 30.3 Å². The number of carbonyl (C=O) groups excluding carboxylic acids is 1. The lowest BCUT2D eigenvalue weighted by atomic mass is 10.0. The zero-order chi connectivity index (χ0) is 12.8. The summed E-state index contributed by atoms with van der Waals surface area (Å²) in [4.78, 5) is 14.8. The zero-order valence-electron chi connectivity index (χ0n) is 9.84. The van der Waals surface area contributed by atoms with Gasteiger partial charge >= 0.3 is 0 Å². The summed E-state index contributed by atoms with van der Waals surface area (Å²) in [6.07, 6.45) is 4.01. The number of benzene rings is 1. The van der Waals surface area contributed by atoms with Gasteiger partial charge in [-0.15, -0.1) is 0 Å². The van der Waals surface area contributed by atoms with E-state index in [9.17, 15) is 4.79 Å². The molecule has 1 heterocycles. The number of rotatable bonds is 4. The van der Waals surface area contributed by atoms with E-state index < -0.39 is 0 Å². The molecule has 2 aromatic rings. The molecule has 0 unspecified atom stereocenters. The molecular weight excluding hydrogens is 224 g/mol. The molecule has 3 nitrogen and oxygen atoms in total. The lowest BCUT2D eigenvalue weighted by Gasteiger charge is -2.04. The van der Waals surface area contributed by atoms with E-state index in [-0.39, 0.29) is 0 Å². The van der Waals surface area contributed by atoms with Crippen LogP contribution in [0.5, 0.6) is 0 Å². The number of aromatic nitrogens is 1. The van der Waals surface area contributed by atoms with Crippen LogP contribution in [0, 0.1) is 11.3 Å². The summed E-state index contributed by atoms with van der Waals surface area (Å²) in [6.45, 7) is 0. The number of aldehydes is 1. The molecule has 0 radical (unpaired) electrons. The quantitative estimate of drug-likeness (QED) is 0.766. The van der Waals surface area contributed by atoms with Gasteiger partial charge in [0.15, 0.2) is 6.29 Å². The predicted octanol–water partition coefficient (Wildman–Crippen LogP) is 2.55. The van der Waals surface area contributed by atoms with Crippen molar-refractivity contribution in [2.45, 2.75) is 12.8 Å². The fourth-order valence-electron chi connectivity index (χ4n) is 1.79. The topological polar surface area (TPSA) is 53.8 Å². The molecule has 18 heavy (non-hydrogen) atoms. The van der Waals surface area contributed by atoms with Crippen molar-refractivity contribution in [3.05, 3.63) is 65.0 Å². The van der Waals surface area contributed by atoms with Gasteiger partial charge in [0.1, 0.15) is 5.69 Å². The Kier molecular flexibility index (Phi) is 3.83. The van der Waals surface area contributed by atoms with Gasteiger partial charge in [-0.1, -0.05) is 18.2 Å². The summed E-state index contributed by atoms with van der Waals surface area (Å²) in [5.41, 5.74) is 3.27. The molecule has 2 rings (SSSR count). The second-order valence-corrected chi connectivity index (χ2v) is 3.97. The molecule has 0 bridgehead atoms. The first-order valence-electron chi connectivity index (χ1n) is 5.71. The number of aryl methyl sites for hydroxylation is 2. The number of nitrogens with zero attached hydrogens (tertiary/aromatic N) is 2. The van der Waals surface area contributed by atoms with Crippen molar-refractivity contribution in [2.24, 2.45) is 0 Å². The Balaban J connectivity index is 2.07. The SMILES string of the molecule is N#Cc1ccc(CCc2cccnc2C=O)cc1. The number of hydrogen-bond donors (Lipinski definition) is 0. The smallest absolute Gasteiger partial charge is 0.168 e. The average Bonchev–Trinajstić information content (AvgIpc) is 2.46. The average molecular weight is 236 g/mol. The van der Waals surface area contributed by atoms with E-state index in [4.69, 9.17) is 5.26 Å². The standard InChI is InChI=1S/C15H12N2O/c16-10-13-5-3-12(4-6-13)7-8-14-2-1-9-17-15(14)11-18/h1-6,9,11H,7-8H2. The molecule has 0 amide bonds. The largest absolute Gasteiger partial charge is 0.296 e. The van der Waals surface area contributed by atoms with E-state index in [2.05, 4.69) is 11.1 Å².